The zero-order chi connectivity index (χ0) is 26.1. The number of para-hydroxylation sites is 2. The summed E-state index contributed by atoms with van der Waals surface area (Å²) in [6.45, 7) is 1.94. The number of pyridine rings is 1. The summed E-state index contributed by atoms with van der Waals surface area (Å²) in [7, 11) is -3.90. The Kier molecular flexibility index (Phi) is 5.94. The molecule has 0 spiro atoms. The Morgan fingerprint density at radius 2 is 1.42 bits per heavy atom. The second-order valence-corrected chi connectivity index (χ2v) is 10.5. The summed E-state index contributed by atoms with van der Waals surface area (Å²) in [5, 5.41) is 4.28. The maximum atomic E-state index is 13.2. The molecule has 0 aliphatic carbocycles. The van der Waals surface area contributed by atoms with Gasteiger partial charge < -0.3 is 5.32 Å². The molecule has 8 heteroatoms. The molecule has 186 valence electrons. The third kappa shape index (κ3) is 4.42. The lowest BCUT2D eigenvalue weighted by atomic mass is 10.0. The van der Waals surface area contributed by atoms with Gasteiger partial charge in [-0.15, -0.1) is 0 Å². The number of rotatable bonds is 6. The van der Waals surface area contributed by atoms with Gasteiger partial charge in [0.05, 0.1) is 27.1 Å². The minimum atomic E-state index is -3.90. The summed E-state index contributed by atoms with van der Waals surface area (Å²) in [5.41, 5.74) is 5.73. The molecule has 6 rings (SSSR count). The van der Waals surface area contributed by atoms with Gasteiger partial charge >= 0.3 is 0 Å². The van der Waals surface area contributed by atoms with E-state index in [1.54, 1.807) is 24.4 Å². The van der Waals surface area contributed by atoms with Gasteiger partial charge in [-0.1, -0.05) is 72.8 Å². The van der Waals surface area contributed by atoms with Crippen LogP contribution in [0.4, 0.5) is 17.3 Å². The molecule has 0 radical (unpaired) electrons. The van der Waals surface area contributed by atoms with Crippen LogP contribution in [0.5, 0.6) is 0 Å². The first kappa shape index (κ1) is 23.6. The Balaban J connectivity index is 1.49. The van der Waals surface area contributed by atoms with Crippen LogP contribution in [0, 0.1) is 6.92 Å². The number of nitrogens with zero attached hydrogens (tertiary/aromatic N) is 3. The molecule has 0 aliphatic rings. The van der Waals surface area contributed by atoms with E-state index in [-0.39, 0.29) is 16.5 Å². The van der Waals surface area contributed by atoms with Crippen molar-refractivity contribution in [3.63, 3.8) is 0 Å². The highest BCUT2D eigenvalue weighted by Gasteiger charge is 2.20. The number of sulfonamides is 1. The molecule has 0 saturated carbocycles. The first-order chi connectivity index (χ1) is 18.5. The summed E-state index contributed by atoms with van der Waals surface area (Å²) in [6.07, 6.45) is 1.77. The van der Waals surface area contributed by atoms with Crippen molar-refractivity contribution in [2.75, 3.05) is 10.0 Å². The van der Waals surface area contributed by atoms with E-state index in [4.69, 9.17) is 4.98 Å². The molecule has 6 aromatic rings. The Hall–Kier alpha value is -4.82. The van der Waals surface area contributed by atoms with Crippen molar-refractivity contribution in [1.29, 1.82) is 0 Å². The highest BCUT2D eigenvalue weighted by molar-refractivity contribution is 7.92. The van der Waals surface area contributed by atoms with Crippen LogP contribution >= 0.6 is 0 Å². The lowest BCUT2D eigenvalue weighted by molar-refractivity contribution is 0.601. The van der Waals surface area contributed by atoms with E-state index in [1.807, 2.05) is 67.6 Å². The molecular formula is C30H23N5O2S. The fourth-order valence-corrected chi connectivity index (χ4v) is 5.47. The highest BCUT2D eigenvalue weighted by Crippen LogP contribution is 2.34. The highest BCUT2D eigenvalue weighted by atomic mass is 32.2. The number of hydrogen-bond donors (Lipinski definition) is 2. The topological polar surface area (TPSA) is 96.9 Å². The van der Waals surface area contributed by atoms with Gasteiger partial charge in [0.15, 0.2) is 11.6 Å². The fourth-order valence-electron chi connectivity index (χ4n) is 4.44. The molecule has 4 aromatic carbocycles. The quantitative estimate of drug-likeness (QED) is 0.255. The molecule has 2 aromatic heterocycles. The third-order valence-corrected chi connectivity index (χ3v) is 7.64. The zero-order valence-corrected chi connectivity index (χ0v) is 21.3. The van der Waals surface area contributed by atoms with E-state index in [0.717, 1.165) is 27.6 Å². The second-order valence-electron chi connectivity index (χ2n) is 8.83. The molecule has 2 heterocycles. The SMILES string of the molecule is Cc1cccc2nc(NS(=O)(=O)c3ccccc3)c(Nc3cccc4c(-c5ccccc5)ccnc34)nc12. The number of aryl methyl sites for hydroxylation is 1. The maximum absolute atomic E-state index is 13.2. The molecule has 7 nitrogen and oxygen atoms in total. The number of aromatic nitrogens is 3. The number of anilines is 3. The minimum absolute atomic E-state index is 0.100. The van der Waals surface area contributed by atoms with Crippen LogP contribution in [0.2, 0.25) is 0 Å². The average molecular weight is 518 g/mol. The van der Waals surface area contributed by atoms with Gasteiger partial charge in [0.25, 0.3) is 10.0 Å². The Morgan fingerprint density at radius 3 is 2.21 bits per heavy atom. The largest absolute Gasteiger partial charge is 0.335 e. The first-order valence-electron chi connectivity index (χ1n) is 12.0. The Bertz CT molecular complexity index is 1890. The summed E-state index contributed by atoms with van der Waals surface area (Å²) in [6, 6.07) is 31.8. The molecule has 0 amide bonds. The van der Waals surface area contributed by atoms with Crippen LogP contribution < -0.4 is 10.0 Å². The molecule has 0 bridgehead atoms. The van der Waals surface area contributed by atoms with Crippen LogP contribution in [0.3, 0.4) is 0 Å². The molecule has 0 saturated heterocycles. The van der Waals surface area contributed by atoms with Gasteiger partial charge in [-0.3, -0.25) is 9.71 Å². The van der Waals surface area contributed by atoms with Crippen molar-refractivity contribution >= 4 is 49.3 Å². The van der Waals surface area contributed by atoms with Gasteiger partial charge in [0.1, 0.15) is 0 Å². The van der Waals surface area contributed by atoms with Gasteiger partial charge in [-0.2, -0.15) is 0 Å². The number of fused-ring (bicyclic) bond motifs is 2. The van der Waals surface area contributed by atoms with Gasteiger partial charge in [-0.05, 0) is 53.9 Å². The predicted molar refractivity (Wildman–Crippen MR) is 152 cm³/mol. The monoisotopic (exact) mass is 517 g/mol. The average Bonchev–Trinajstić information content (AvgIpc) is 2.94. The standard InChI is InChI=1S/C30H23N5O2S/c1-20-10-8-16-25-27(20)34-29(30(33-25)35-38(36,37)22-13-6-3-7-14-22)32-26-17-9-15-24-23(18-19-31-28(24)26)21-11-4-2-5-12-21/h2-19H,1H3,(H,32,34)(H,33,35). The number of benzene rings is 4. The number of hydrogen-bond acceptors (Lipinski definition) is 6. The summed E-state index contributed by atoms with van der Waals surface area (Å²) in [4.78, 5) is 14.2. The lowest BCUT2D eigenvalue weighted by Crippen LogP contribution is -2.16. The van der Waals surface area contributed by atoms with Gasteiger partial charge in [0.2, 0.25) is 0 Å². The van der Waals surface area contributed by atoms with Crippen molar-refractivity contribution in [2.45, 2.75) is 11.8 Å². The van der Waals surface area contributed by atoms with Crippen molar-refractivity contribution in [3.05, 3.63) is 115 Å². The van der Waals surface area contributed by atoms with Crippen molar-refractivity contribution in [3.8, 4) is 11.1 Å². The van der Waals surface area contributed by atoms with Crippen LogP contribution in [0.1, 0.15) is 5.56 Å². The van der Waals surface area contributed by atoms with E-state index in [2.05, 4.69) is 32.1 Å². The first-order valence-corrected chi connectivity index (χ1v) is 13.5. The fraction of sp³-hybridized carbons (Fsp3) is 0.0333. The summed E-state index contributed by atoms with van der Waals surface area (Å²) in [5.74, 6) is 0.383. The van der Waals surface area contributed by atoms with Crippen LogP contribution in [0.25, 0.3) is 33.1 Å². The van der Waals surface area contributed by atoms with E-state index >= 15 is 0 Å². The van der Waals surface area contributed by atoms with Crippen molar-refractivity contribution in [1.82, 2.24) is 15.0 Å². The van der Waals surface area contributed by atoms with Crippen LogP contribution in [-0.2, 0) is 10.0 Å². The molecule has 0 fully saturated rings. The Morgan fingerprint density at radius 1 is 0.684 bits per heavy atom. The third-order valence-electron chi connectivity index (χ3n) is 6.29. The molecule has 0 aliphatic heterocycles. The van der Waals surface area contributed by atoms with E-state index in [9.17, 15) is 8.42 Å². The van der Waals surface area contributed by atoms with Crippen LogP contribution in [0.15, 0.2) is 114 Å². The van der Waals surface area contributed by atoms with E-state index in [1.165, 1.54) is 12.1 Å². The second kappa shape index (κ2) is 9.57. The van der Waals surface area contributed by atoms with E-state index < -0.39 is 10.0 Å². The summed E-state index contributed by atoms with van der Waals surface area (Å²) < 4.78 is 29.0. The van der Waals surface area contributed by atoms with Gasteiger partial charge in [0, 0.05) is 11.6 Å². The lowest BCUT2D eigenvalue weighted by Gasteiger charge is -2.16. The smallest absolute Gasteiger partial charge is 0.263 e. The number of nitrogens with one attached hydrogen (secondary N) is 2. The van der Waals surface area contributed by atoms with Crippen LogP contribution in [-0.4, -0.2) is 23.4 Å². The molecule has 38 heavy (non-hydrogen) atoms. The molecule has 2 N–H and O–H groups in total. The maximum Gasteiger partial charge on any atom is 0.263 e. The molecule has 0 atom stereocenters. The molecule has 0 unspecified atom stereocenters. The van der Waals surface area contributed by atoms with Gasteiger partial charge in [-0.25, -0.2) is 18.4 Å². The molecular weight excluding hydrogens is 494 g/mol. The minimum Gasteiger partial charge on any atom is -0.335 e. The van der Waals surface area contributed by atoms with E-state index in [0.29, 0.717) is 16.7 Å². The Labute approximate surface area is 220 Å². The van der Waals surface area contributed by atoms with Crippen molar-refractivity contribution < 1.29 is 8.42 Å². The summed E-state index contributed by atoms with van der Waals surface area (Å²) >= 11 is 0. The predicted octanol–water partition coefficient (Wildman–Crippen LogP) is 6.70. The zero-order valence-electron chi connectivity index (χ0n) is 20.5. The van der Waals surface area contributed by atoms with Crippen molar-refractivity contribution in [2.24, 2.45) is 0 Å². The normalized spacial score (nSPS) is 11.5.